The summed E-state index contributed by atoms with van der Waals surface area (Å²) in [6, 6.07) is 0. The van der Waals surface area contributed by atoms with E-state index in [9.17, 15) is 0 Å². The van der Waals surface area contributed by atoms with E-state index in [0.29, 0.717) is 119 Å². The van der Waals surface area contributed by atoms with E-state index in [1.807, 2.05) is 6.08 Å². The third-order valence-corrected chi connectivity index (χ3v) is 8.54. The standard InChI is InChI=1S/C37H72GeO10/c1-5-6-7-8-9-10-11-12-15-18-39-20-22-41-24-26-43-28-30-45-32-34-47-36-37-48-35-33-46-31-29-44-27-25-42-23-21-40-19-16-13-14-17-38(2,3)4/h5H,1,6-13,15-16,18-37H2,2-4H3. The maximum absolute atomic E-state index is 5.63. The number of ether oxygens (including phenoxy) is 10. The SMILES string of the molecule is C=CCCCCCCCCCOCCOCCOCCOCCOCCOCCOCCOCCOCCOCCCC#[C][Ge]([CH3])([CH3])[CH3]. The van der Waals surface area contributed by atoms with Crippen molar-refractivity contribution in [2.45, 2.75) is 81.5 Å². The molecule has 0 heterocycles. The Morgan fingerprint density at radius 2 is 0.646 bits per heavy atom. The van der Waals surface area contributed by atoms with E-state index in [-0.39, 0.29) is 0 Å². The average molecular weight is 750 g/mol. The molecule has 0 bridgehead atoms. The van der Waals surface area contributed by atoms with Gasteiger partial charge in [-0.15, -0.1) is 6.58 Å². The van der Waals surface area contributed by atoms with Gasteiger partial charge in [0.25, 0.3) is 0 Å². The first-order valence-corrected chi connectivity index (χ1v) is 25.8. The summed E-state index contributed by atoms with van der Waals surface area (Å²) in [7, 11) is 0. The normalized spacial score (nSPS) is 11.6. The second kappa shape index (κ2) is 40.9. The van der Waals surface area contributed by atoms with Gasteiger partial charge in [-0.2, -0.15) is 0 Å². The number of hydrogen-bond acceptors (Lipinski definition) is 10. The fourth-order valence-corrected chi connectivity index (χ4v) is 5.42. The molecule has 0 aromatic carbocycles. The van der Waals surface area contributed by atoms with E-state index in [1.165, 1.54) is 38.5 Å². The van der Waals surface area contributed by atoms with E-state index in [4.69, 9.17) is 47.4 Å². The minimum atomic E-state index is -1.71. The first-order chi connectivity index (χ1) is 23.6. The van der Waals surface area contributed by atoms with Crippen LogP contribution < -0.4 is 0 Å². The molecule has 0 aromatic rings. The molecule has 0 amide bonds. The van der Waals surface area contributed by atoms with Gasteiger partial charge in [-0.3, -0.25) is 0 Å². The van der Waals surface area contributed by atoms with Gasteiger partial charge < -0.3 is 33.2 Å². The molecule has 0 saturated heterocycles. The number of allylic oxidation sites excluding steroid dienone is 1. The van der Waals surface area contributed by atoms with Crippen LogP contribution in [0.3, 0.4) is 0 Å². The zero-order chi connectivity index (χ0) is 34.9. The van der Waals surface area contributed by atoms with Gasteiger partial charge in [-0.1, -0.05) is 38.2 Å². The van der Waals surface area contributed by atoms with Gasteiger partial charge in [-0.05, 0) is 19.3 Å². The van der Waals surface area contributed by atoms with Gasteiger partial charge in [-0.25, -0.2) is 0 Å². The average Bonchev–Trinajstić information content (AvgIpc) is 3.06. The van der Waals surface area contributed by atoms with Crippen LogP contribution in [-0.4, -0.2) is 145 Å². The Morgan fingerprint density at radius 1 is 0.375 bits per heavy atom. The van der Waals surface area contributed by atoms with Gasteiger partial charge in [0.05, 0.1) is 92.5 Å². The van der Waals surface area contributed by atoms with E-state index >= 15 is 0 Å². The molecule has 0 saturated carbocycles. The van der Waals surface area contributed by atoms with Gasteiger partial charge in [0.1, 0.15) is 0 Å². The van der Waals surface area contributed by atoms with Crippen molar-refractivity contribution in [1.82, 2.24) is 0 Å². The van der Waals surface area contributed by atoms with E-state index in [1.54, 1.807) is 0 Å². The van der Waals surface area contributed by atoms with Crippen LogP contribution >= 0.6 is 0 Å². The van der Waals surface area contributed by atoms with Gasteiger partial charge in [0, 0.05) is 6.61 Å². The summed E-state index contributed by atoms with van der Waals surface area (Å²) in [6.07, 6.45) is 14.0. The number of unbranched alkanes of at least 4 members (excludes halogenated alkanes) is 8. The Labute approximate surface area is 296 Å². The van der Waals surface area contributed by atoms with Crippen molar-refractivity contribution in [2.75, 3.05) is 132 Å². The Hall–Kier alpha value is -0.557. The molecule has 11 heteroatoms. The summed E-state index contributed by atoms with van der Waals surface area (Å²) < 4.78 is 58.7. The molecule has 0 aromatic heterocycles. The molecule has 10 nitrogen and oxygen atoms in total. The maximum atomic E-state index is 5.63. The Bertz CT molecular complexity index is 696. The topological polar surface area (TPSA) is 92.3 Å². The molecule has 0 rings (SSSR count). The van der Waals surface area contributed by atoms with Crippen LogP contribution in [0.25, 0.3) is 0 Å². The van der Waals surface area contributed by atoms with Crippen LogP contribution in [-0.2, 0) is 47.4 Å². The first-order valence-electron chi connectivity index (χ1n) is 18.4. The van der Waals surface area contributed by atoms with Crippen molar-refractivity contribution in [3.05, 3.63) is 12.7 Å². The van der Waals surface area contributed by atoms with Crippen LogP contribution in [0.4, 0.5) is 0 Å². The van der Waals surface area contributed by atoms with Gasteiger partial charge in [0.15, 0.2) is 0 Å². The summed E-state index contributed by atoms with van der Waals surface area (Å²) >= 11 is -1.71. The molecule has 0 radical (unpaired) electrons. The van der Waals surface area contributed by atoms with Crippen LogP contribution in [0.15, 0.2) is 12.7 Å². The summed E-state index contributed by atoms with van der Waals surface area (Å²) in [5, 5.41) is 0. The van der Waals surface area contributed by atoms with Crippen molar-refractivity contribution in [3.8, 4) is 10.7 Å². The van der Waals surface area contributed by atoms with Crippen LogP contribution in [0.1, 0.15) is 64.2 Å². The molecule has 0 N–H and O–H groups in total. The molecule has 0 atom stereocenters. The second-order valence-electron chi connectivity index (χ2n) is 12.3. The van der Waals surface area contributed by atoms with Crippen molar-refractivity contribution in [1.29, 1.82) is 0 Å². The fraction of sp³-hybridized carbons (Fsp3) is 0.892. The van der Waals surface area contributed by atoms with Crippen LogP contribution in [0.2, 0.25) is 17.3 Å². The molecule has 48 heavy (non-hydrogen) atoms. The van der Waals surface area contributed by atoms with E-state index < -0.39 is 13.3 Å². The molecular weight excluding hydrogens is 677 g/mol. The third-order valence-electron chi connectivity index (χ3n) is 6.60. The summed E-state index contributed by atoms with van der Waals surface area (Å²) in [4.78, 5) is 0. The number of rotatable bonds is 40. The van der Waals surface area contributed by atoms with Crippen LogP contribution in [0, 0.1) is 10.7 Å². The zero-order valence-corrected chi connectivity index (χ0v) is 33.2. The molecule has 0 aliphatic rings. The summed E-state index contributed by atoms with van der Waals surface area (Å²) in [5.41, 5.74) is 0. The van der Waals surface area contributed by atoms with Crippen molar-refractivity contribution >= 4 is 13.3 Å². The predicted molar refractivity (Wildman–Crippen MR) is 196 cm³/mol. The number of hydrogen-bond donors (Lipinski definition) is 0. The quantitative estimate of drug-likeness (QED) is 0.0316. The van der Waals surface area contributed by atoms with E-state index in [0.717, 1.165) is 38.9 Å². The molecule has 0 spiro atoms. The van der Waals surface area contributed by atoms with Crippen molar-refractivity contribution < 1.29 is 47.4 Å². The molecule has 0 unspecified atom stereocenters. The Kier molecular flexibility index (Phi) is 40.4. The molecular formula is C37H72GeO10. The van der Waals surface area contributed by atoms with Gasteiger partial charge >= 0.3 is 101 Å². The fourth-order valence-electron chi connectivity index (χ4n) is 4.05. The third kappa shape index (κ3) is 45.4. The van der Waals surface area contributed by atoms with Crippen molar-refractivity contribution in [2.24, 2.45) is 0 Å². The minimum absolute atomic E-state index is 0.527. The first kappa shape index (κ1) is 47.4. The molecule has 0 aliphatic heterocycles. The van der Waals surface area contributed by atoms with Gasteiger partial charge in [0.2, 0.25) is 0 Å². The molecule has 0 fully saturated rings. The summed E-state index contributed by atoms with van der Waals surface area (Å²) in [5.74, 6) is 10.2. The van der Waals surface area contributed by atoms with E-state index in [2.05, 4.69) is 34.5 Å². The van der Waals surface area contributed by atoms with Crippen molar-refractivity contribution in [3.63, 3.8) is 0 Å². The zero-order valence-electron chi connectivity index (χ0n) is 31.1. The monoisotopic (exact) mass is 750 g/mol. The Balaban J connectivity index is 3.08. The molecule has 0 aliphatic carbocycles. The summed E-state index contributed by atoms with van der Waals surface area (Å²) in [6.45, 7) is 15.3. The van der Waals surface area contributed by atoms with Crippen LogP contribution in [0.5, 0.6) is 0 Å². The second-order valence-corrected chi connectivity index (χ2v) is 22.3. The predicted octanol–water partition coefficient (Wildman–Crippen LogP) is 6.12. The Morgan fingerprint density at radius 3 is 0.958 bits per heavy atom. The molecule has 284 valence electrons.